The Kier molecular flexibility index (Phi) is 12.8. The van der Waals surface area contributed by atoms with Gasteiger partial charge in [-0.1, -0.05) is 249 Å². The van der Waals surface area contributed by atoms with Crippen molar-refractivity contribution in [2.24, 2.45) is 0 Å². The maximum Gasteiger partial charge on any atom is 0.0547 e. The summed E-state index contributed by atoms with van der Waals surface area (Å²) in [5.41, 5.74) is 19.5. The topological polar surface area (TPSA) is 19.7 Å². The van der Waals surface area contributed by atoms with Crippen LogP contribution in [0.4, 0.5) is 0 Å². The van der Waals surface area contributed by atoms with Gasteiger partial charge >= 0.3 is 0 Å². The molecule has 0 radical (unpaired) electrons. The summed E-state index contributed by atoms with van der Waals surface area (Å²) >= 11 is 0. The molecule has 0 amide bonds. The molecule has 0 saturated carbocycles. The molecule has 0 atom stereocenters. The second-order valence-corrected chi connectivity index (χ2v) is 27.9. The number of nitrogens with zero attached hydrogens (tertiary/aromatic N) is 4. The van der Waals surface area contributed by atoms with E-state index in [1.54, 1.807) is 0 Å². The van der Waals surface area contributed by atoms with Crippen molar-refractivity contribution in [1.82, 2.24) is 18.3 Å². The molecule has 0 N–H and O–H groups in total. The van der Waals surface area contributed by atoms with Crippen molar-refractivity contribution in [1.29, 1.82) is 0 Å². The first kappa shape index (κ1) is 58.0. The third-order valence-corrected chi connectivity index (χ3v) is 22.3. The molecule has 4 heterocycles. The second kappa shape index (κ2) is 22.9. The van der Waals surface area contributed by atoms with Crippen molar-refractivity contribution in [3.8, 4) is 45.0 Å². The van der Waals surface area contributed by atoms with Gasteiger partial charge in [-0.3, -0.25) is 0 Å². The van der Waals surface area contributed by atoms with Crippen LogP contribution in [0.3, 0.4) is 0 Å². The van der Waals surface area contributed by atoms with E-state index in [4.69, 9.17) is 0 Å². The van der Waals surface area contributed by atoms with Crippen LogP contribution >= 0.6 is 0 Å². The minimum absolute atomic E-state index is 1.17. The first-order valence-electron chi connectivity index (χ1n) is 36.0. The van der Waals surface area contributed by atoms with Crippen LogP contribution in [-0.4, -0.2) is 18.3 Å². The van der Waals surface area contributed by atoms with Crippen LogP contribution < -0.4 is 0 Å². The van der Waals surface area contributed by atoms with Gasteiger partial charge < -0.3 is 18.3 Å². The van der Waals surface area contributed by atoms with Gasteiger partial charge in [0, 0.05) is 65.8 Å². The second-order valence-electron chi connectivity index (χ2n) is 27.9. The van der Waals surface area contributed by atoms with Gasteiger partial charge in [-0.05, 0) is 225 Å². The number of hydrogen-bond acceptors (Lipinski definition) is 0. The Hall–Kier alpha value is -13.8. The quantitative estimate of drug-likeness (QED) is 0.148. The van der Waals surface area contributed by atoms with Crippen molar-refractivity contribution in [2.75, 3.05) is 0 Å². The van der Waals surface area contributed by atoms with E-state index in [2.05, 4.69) is 394 Å². The molecule has 0 aliphatic rings. The third kappa shape index (κ3) is 8.79. The zero-order valence-electron chi connectivity index (χ0n) is 56.6. The molecule has 0 unspecified atom stereocenters. The van der Waals surface area contributed by atoms with Gasteiger partial charge in [0.05, 0.1) is 44.1 Å². The zero-order valence-corrected chi connectivity index (χ0v) is 56.6. The summed E-state index contributed by atoms with van der Waals surface area (Å²) in [5.74, 6) is 0. The van der Waals surface area contributed by atoms with E-state index in [0.717, 1.165) is 0 Å². The molecule has 104 heavy (non-hydrogen) atoms. The number of fused-ring (bicyclic) bond motifs is 23. The maximum absolute atomic E-state index is 2.43. The summed E-state index contributed by atoms with van der Waals surface area (Å²) in [7, 11) is 0. The molecule has 19 aromatic carbocycles. The zero-order chi connectivity index (χ0) is 68.1. The molecule has 0 spiro atoms. The van der Waals surface area contributed by atoms with Crippen molar-refractivity contribution in [3.05, 3.63) is 376 Å². The monoisotopic (exact) mass is 1320 g/mol. The molecule has 0 aliphatic heterocycles. The van der Waals surface area contributed by atoms with E-state index in [1.165, 1.54) is 208 Å². The summed E-state index contributed by atoms with van der Waals surface area (Å²) < 4.78 is 9.63. The summed E-state index contributed by atoms with van der Waals surface area (Å²) in [6.07, 6.45) is 0. The molecule has 4 aromatic heterocycles. The van der Waals surface area contributed by atoms with E-state index in [-0.39, 0.29) is 0 Å². The van der Waals surface area contributed by atoms with Crippen LogP contribution in [0.2, 0.25) is 0 Å². The van der Waals surface area contributed by atoms with Crippen molar-refractivity contribution >= 4 is 163 Å². The largest absolute Gasteiger partial charge is 0.309 e. The van der Waals surface area contributed by atoms with Gasteiger partial charge in [0.25, 0.3) is 0 Å². The van der Waals surface area contributed by atoms with Crippen LogP contribution in [-0.2, 0) is 0 Å². The van der Waals surface area contributed by atoms with Crippen molar-refractivity contribution in [2.45, 2.75) is 0 Å². The Bertz CT molecular complexity index is 7410. The van der Waals surface area contributed by atoms with Crippen molar-refractivity contribution < 1.29 is 0 Å². The average molecular weight is 1320 g/mol. The average Bonchev–Trinajstić information content (AvgIpc) is 1.56. The predicted octanol–water partition coefficient (Wildman–Crippen LogP) is 27.2. The lowest BCUT2D eigenvalue weighted by Gasteiger charge is -2.13. The molecular weight excluding hydrogens is 1260 g/mol. The standard InChI is InChI=1S/C52H32N2.C48H30N2/c1-2-13-39(14-3-1)53-49-27-24-33-11-4-5-15-42(33)51(49)52-46-32-36-12-10-18-41(45(36)31-38(46)25-28-50(52)53)37-22-21-35-30-40(26-23-34(35)29-37)54-47-19-8-6-16-43(47)44-17-7-9-20-48(44)54;1-2-13-35(14-3-1)50-45-27-23-31-11-4-5-15-38(31)47(45)48-42-30-33-12-10-18-37(41(33)29-34(42)24-28-46(48)50)32-21-25-36(26-22-32)49-43-19-8-6-16-39(43)40-17-7-9-20-44(40)49/h1-32H;1-30H. The van der Waals surface area contributed by atoms with E-state index in [0.29, 0.717) is 0 Å². The molecule has 4 nitrogen and oxygen atoms in total. The molecule has 0 aliphatic carbocycles. The third-order valence-electron chi connectivity index (χ3n) is 22.3. The van der Waals surface area contributed by atoms with Crippen LogP contribution in [0.25, 0.3) is 208 Å². The van der Waals surface area contributed by atoms with Crippen LogP contribution in [0.1, 0.15) is 0 Å². The summed E-state index contributed by atoms with van der Waals surface area (Å²) in [6.45, 7) is 0. The van der Waals surface area contributed by atoms with E-state index < -0.39 is 0 Å². The van der Waals surface area contributed by atoms with Crippen LogP contribution in [0, 0.1) is 0 Å². The number of para-hydroxylation sites is 6. The molecule has 23 aromatic rings. The molecule has 0 saturated heterocycles. The minimum atomic E-state index is 1.17. The molecule has 0 fully saturated rings. The predicted molar refractivity (Wildman–Crippen MR) is 444 cm³/mol. The summed E-state index contributed by atoms with van der Waals surface area (Å²) in [6, 6.07) is 138. The van der Waals surface area contributed by atoms with Crippen LogP contribution in [0.5, 0.6) is 0 Å². The number of aromatic nitrogens is 4. The van der Waals surface area contributed by atoms with Gasteiger partial charge in [-0.25, -0.2) is 0 Å². The van der Waals surface area contributed by atoms with Gasteiger partial charge in [0.2, 0.25) is 0 Å². The highest BCUT2D eigenvalue weighted by Gasteiger charge is 2.22. The molecule has 23 rings (SSSR count). The molecular formula is C100H62N4. The molecule has 4 heteroatoms. The van der Waals surface area contributed by atoms with E-state index in [1.807, 2.05) is 0 Å². The fourth-order valence-corrected chi connectivity index (χ4v) is 17.7. The smallest absolute Gasteiger partial charge is 0.0547 e. The molecule has 482 valence electrons. The SMILES string of the molecule is c1ccc(-n2c3ccc4ccccc4c3c3c4cc5cccc(-c6ccc(-n7c8ccccc8c8ccccc87)cc6)c5cc4ccc32)cc1.c1ccc(-n2c3ccc4ccccc4c3c3c4cc5cccc(-c6ccc7cc(-n8c9ccccc9c9ccccc98)ccc7c6)c5cc4ccc32)cc1. The lowest BCUT2D eigenvalue weighted by atomic mass is 9.92. The summed E-state index contributed by atoms with van der Waals surface area (Å²) in [4.78, 5) is 0. The fourth-order valence-electron chi connectivity index (χ4n) is 17.7. The Morgan fingerprint density at radius 2 is 0.433 bits per heavy atom. The Balaban J connectivity index is 0.000000131. The number of rotatable bonds is 6. The highest BCUT2D eigenvalue weighted by atomic mass is 15.0. The highest BCUT2D eigenvalue weighted by molar-refractivity contribution is 6.31. The Morgan fingerprint density at radius 1 is 0.135 bits per heavy atom. The van der Waals surface area contributed by atoms with Crippen molar-refractivity contribution in [3.63, 3.8) is 0 Å². The Labute approximate surface area is 598 Å². The van der Waals surface area contributed by atoms with Gasteiger partial charge in [-0.15, -0.1) is 0 Å². The first-order valence-corrected chi connectivity index (χ1v) is 36.0. The number of benzene rings is 19. The van der Waals surface area contributed by atoms with Gasteiger partial charge in [0.1, 0.15) is 0 Å². The lowest BCUT2D eigenvalue weighted by molar-refractivity contribution is 1.18. The highest BCUT2D eigenvalue weighted by Crippen LogP contribution is 2.46. The Morgan fingerprint density at radius 3 is 0.904 bits per heavy atom. The number of hydrogen-bond donors (Lipinski definition) is 0. The maximum atomic E-state index is 2.43. The van der Waals surface area contributed by atoms with Gasteiger partial charge in [-0.2, -0.15) is 0 Å². The van der Waals surface area contributed by atoms with Crippen LogP contribution in [0.15, 0.2) is 376 Å². The summed E-state index contributed by atoms with van der Waals surface area (Å²) in [5, 5.41) is 28.0. The van der Waals surface area contributed by atoms with Gasteiger partial charge in [0.15, 0.2) is 0 Å². The molecule has 0 bridgehead atoms. The van der Waals surface area contributed by atoms with E-state index >= 15 is 0 Å². The fraction of sp³-hybridized carbons (Fsp3) is 0. The normalized spacial score (nSPS) is 12.0. The lowest BCUT2D eigenvalue weighted by Crippen LogP contribution is -1.93. The minimum Gasteiger partial charge on any atom is -0.309 e. The van der Waals surface area contributed by atoms with E-state index in [9.17, 15) is 0 Å². The first-order chi connectivity index (χ1) is 51.6.